The van der Waals surface area contributed by atoms with E-state index in [9.17, 15) is 18.0 Å². The molecule has 0 fully saturated rings. The molecule has 0 bridgehead atoms. The van der Waals surface area contributed by atoms with Crippen molar-refractivity contribution in [2.75, 3.05) is 10.6 Å². The van der Waals surface area contributed by atoms with E-state index in [1.165, 1.54) is 12.1 Å². The van der Waals surface area contributed by atoms with E-state index in [0.717, 1.165) is 6.92 Å². The molecule has 1 unspecified atom stereocenters. The molecule has 2 rings (SSSR count). The molecule has 1 aliphatic heterocycles. The highest BCUT2D eigenvalue weighted by Gasteiger charge is 2.58. The third-order valence-electron chi connectivity index (χ3n) is 2.58. The zero-order valence-electron chi connectivity index (χ0n) is 8.35. The van der Waals surface area contributed by atoms with Crippen LogP contribution >= 0.6 is 0 Å². The van der Waals surface area contributed by atoms with Gasteiger partial charge in [0.2, 0.25) is 5.54 Å². The van der Waals surface area contributed by atoms with E-state index < -0.39 is 17.6 Å². The number of anilines is 2. The van der Waals surface area contributed by atoms with Crippen molar-refractivity contribution in [2.45, 2.75) is 18.6 Å². The quantitative estimate of drug-likeness (QED) is 0.718. The molecule has 1 heterocycles. The van der Waals surface area contributed by atoms with Gasteiger partial charge in [0, 0.05) is 0 Å². The van der Waals surface area contributed by atoms with E-state index in [0.29, 0.717) is 5.69 Å². The van der Waals surface area contributed by atoms with Gasteiger partial charge in [-0.25, -0.2) is 0 Å². The minimum absolute atomic E-state index is 0.266. The van der Waals surface area contributed by atoms with Crippen LogP contribution in [0.3, 0.4) is 0 Å². The Morgan fingerprint density at radius 2 is 1.75 bits per heavy atom. The maximum atomic E-state index is 12.7. The van der Waals surface area contributed by atoms with E-state index in [1.54, 1.807) is 12.1 Å². The molecule has 6 heteroatoms. The summed E-state index contributed by atoms with van der Waals surface area (Å²) in [5.41, 5.74) is -1.96. The predicted octanol–water partition coefficient (Wildman–Crippen LogP) is 2.37. The fraction of sp³-hybridized carbons (Fsp3) is 0.300. The molecule has 1 aromatic carbocycles. The number of rotatable bonds is 0. The molecule has 2 N–H and O–H groups in total. The highest BCUT2D eigenvalue weighted by molar-refractivity contribution is 6.06. The van der Waals surface area contributed by atoms with Gasteiger partial charge in [-0.05, 0) is 19.1 Å². The number of halogens is 3. The second-order valence-electron chi connectivity index (χ2n) is 3.75. The third kappa shape index (κ3) is 1.41. The smallest absolute Gasteiger partial charge is 0.362 e. The fourth-order valence-electron chi connectivity index (χ4n) is 1.47. The number of hydrogen-bond donors (Lipinski definition) is 2. The lowest BCUT2D eigenvalue weighted by Gasteiger charge is -2.36. The number of benzene rings is 1. The first-order chi connectivity index (χ1) is 7.34. The number of hydrogen-bond acceptors (Lipinski definition) is 2. The highest BCUT2D eigenvalue weighted by Crippen LogP contribution is 2.39. The summed E-state index contributed by atoms with van der Waals surface area (Å²) >= 11 is 0. The summed E-state index contributed by atoms with van der Waals surface area (Å²) in [4.78, 5) is 11.4. The second-order valence-corrected chi connectivity index (χ2v) is 3.75. The summed E-state index contributed by atoms with van der Waals surface area (Å²) in [6.07, 6.45) is -4.65. The Hall–Kier alpha value is -1.72. The van der Waals surface area contributed by atoms with Gasteiger partial charge in [-0.15, -0.1) is 0 Å². The SMILES string of the molecule is CC1(C(F)(F)F)Nc2ccccc2NC1=O. The van der Waals surface area contributed by atoms with Crippen LogP contribution in [-0.2, 0) is 4.79 Å². The van der Waals surface area contributed by atoms with Gasteiger partial charge in [0.05, 0.1) is 11.4 Å². The molecule has 0 aromatic heterocycles. The average molecular weight is 230 g/mol. The van der Waals surface area contributed by atoms with E-state index in [2.05, 4.69) is 10.6 Å². The minimum atomic E-state index is -4.65. The summed E-state index contributed by atoms with van der Waals surface area (Å²) in [6, 6.07) is 6.26. The van der Waals surface area contributed by atoms with Crippen LogP contribution in [0.2, 0.25) is 0 Å². The summed E-state index contributed by atoms with van der Waals surface area (Å²) in [7, 11) is 0. The van der Waals surface area contributed by atoms with Crippen LogP contribution in [0.5, 0.6) is 0 Å². The van der Waals surface area contributed by atoms with Gasteiger partial charge in [-0.2, -0.15) is 13.2 Å². The molecule has 0 spiro atoms. The monoisotopic (exact) mass is 230 g/mol. The van der Waals surface area contributed by atoms with Crippen molar-refractivity contribution >= 4 is 17.3 Å². The fourth-order valence-corrected chi connectivity index (χ4v) is 1.47. The van der Waals surface area contributed by atoms with Gasteiger partial charge in [-0.3, -0.25) is 4.79 Å². The molecule has 1 aliphatic rings. The Bertz CT molecular complexity index is 444. The van der Waals surface area contributed by atoms with Crippen LogP contribution < -0.4 is 10.6 Å². The number of nitrogens with one attached hydrogen (secondary N) is 2. The van der Waals surface area contributed by atoms with Gasteiger partial charge >= 0.3 is 6.18 Å². The first-order valence-electron chi connectivity index (χ1n) is 4.60. The van der Waals surface area contributed by atoms with Crippen molar-refractivity contribution in [3.8, 4) is 0 Å². The zero-order valence-corrected chi connectivity index (χ0v) is 8.35. The highest BCUT2D eigenvalue weighted by atomic mass is 19.4. The number of para-hydroxylation sites is 2. The average Bonchev–Trinajstić information content (AvgIpc) is 2.18. The van der Waals surface area contributed by atoms with Gasteiger partial charge in [0.25, 0.3) is 5.91 Å². The molecule has 0 radical (unpaired) electrons. The zero-order chi connectivity index (χ0) is 12.0. The number of amides is 1. The largest absolute Gasteiger partial charge is 0.420 e. The van der Waals surface area contributed by atoms with E-state index in [1.807, 2.05) is 0 Å². The van der Waals surface area contributed by atoms with Crippen LogP contribution in [0.15, 0.2) is 24.3 Å². The first kappa shape index (κ1) is 10.8. The number of alkyl halides is 3. The topological polar surface area (TPSA) is 41.1 Å². The molecule has 1 amide bonds. The molecule has 0 aliphatic carbocycles. The molecule has 1 aromatic rings. The minimum Gasteiger partial charge on any atom is -0.362 e. The number of fused-ring (bicyclic) bond motifs is 1. The molecule has 16 heavy (non-hydrogen) atoms. The van der Waals surface area contributed by atoms with Crippen molar-refractivity contribution in [3.63, 3.8) is 0 Å². The van der Waals surface area contributed by atoms with Crippen molar-refractivity contribution in [1.29, 1.82) is 0 Å². The lowest BCUT2D eigenvalue weighted by molar-refractivity contribution is -0.179. The van der Waals surface area contributed by atoms with Gasteiger partial charge in [0.15, 0.2) is 0 Å². The Morgan fingerprint density at radius 3 is 2.31 bits per heavy atom. The lowest BCUT2D eigenvalue weighted by Crippen LogP contribution is -2.60. The Labute approximate surface area is 89.6 Å². The summed E-state index contributed by atoms with van der Waals surface area (Å²) in [5, 5.41) is 4.46. The first-order valence-corrected chi connectivity index (χ1v) is 4.60. The maximum Gasteiger partial charge on any atom is 0.420 e. The summed E-state index contributed by atoms with van der Waals surface area (Å²) in [6.45, 7) is 0.818. The molecule has 0 saturated heterocycles. The van der Waals surface area contributed by atoms with Crippen molar-refractivity contribution in [2.24, 2.45) is 0 Å². The van der Waals surface area contributed by atoms with E-state index in [4.69, 9.17) is 0 Å². The van der Waals surface area contributed by atoms with Crippen molar-refractivity contribution in [1.82, 2.24) is 0 Å². The molecule has 0 saturated carbocycles. The van der Waals surface area contributed by atoms with Crippen molar-refractivity contribution in [3.05, 3.63) is 24.3 Å². The number of carbonyl (C=O) groups is 1. The molecular formula is C10H9F3N2O. The molecular weight excluding hydrogens is 221 g/mol. The molecule has 1 atom stereocenters. The van der Waals surface area contributed by atoms with Gasteiger partial charge < -0.3 is 10.6 Å². The third-order valence-corrected chi connectivity index (χ3v) is 2.58. The van der Waals surface area contributed by atoms with Crippen LogP contribution in [0, 0.1) is 0 Å². The van der Waals surface area contributed by atoms with E-state index >= 15 is 0 Å². The number of carbonyl (C=O) groups excluding carboxylic acids is 1. The summed E-state index contributed by atoms with van der Waals surface area (Å²) < 4.78 is 38.2. The van der Waals surface area contributed by atoms with E-state index in [-0.39, 0.29) is 5.69 Å². The Kier molecular flexibility index (Phi) is 2.11. The van der Waals surface area contributed by atoms with Gasteiger partial charge in [0.1, 0.15) is 0 Å². The Balaban J connectivity index is 2.46. The maximum absolute atomic E-state index is 12.7. The van der Waals surface area contributed by atoms with Crippen LogP contribution in [0.1, 0.15) is 6.92 Å². The molecule has 3 nitrogen and oxygen atoms in total. The van der Waals surface area contributed by atoms with Crippen LogP contribution in [-0.4, -0.2) is 17.6 Å². The van der Waals surface area contributed by atoms with Gasteiger partial charge in [-0.1, -0.05) is 12.1 Å². The van der Waals surface area contributed by atoms with Crippen LogP contribution in [0.4, 0.5) is 24.5 Å². The lowest BCUT2D eigenvalue weighted by atomic mass is 9.96. The predicted molar refractivity (Wildman–Crippen MR) is 53.2 cm³/mol. The summed E-state index contributed by atoms with van der Waals surface area (Å²) in [5.74, 6) is -1.10. The van der Waals surface area contributed by atoms with Crippen LogP contribution in [0.25, 0.3) is 0 Å². The van der Waals surface area contributed by atoms with Crippen molar-refractivity contribution < 1.29 is 18.0 Å². The normalized spacial score (nSPS) is 24.4. The second kappa shape index (κ2) is 3.13. The standard InChI is InChI=1S/C10H9F3N2O/c1-9(10(11,12)13)8(16)14-6-4-2-3-5-7(6)15-9/h2-5,15H,1H3,(H,14,16). The Morgan fingerprint density at radius 1 is 1.19 bits per heavy atom. The molecule has 86 valence electrons.